The smallest absolute Gasteiger partial charge is 0.340 e. The van der Waals surface area contributed by atoms with Crippen molar-refractivity contribution in [3.63, 3.8) is 0 Å². The number of sulfone groups is 1. The van der Waals surface area contributed by atoms with Crippen molar-refractivity contribution in [2.45, 2.75) is 12.5 Å². The van der Waals surface area contributed by atoms with Gasteiger partial charge in [0.25, 0.3) is 11.8 Å². The van der Waals surface area contributed by atoms with Gasteiger partial charge in [-0.05, 0) is 30.7 Å². The van der Waals surface area contributed by atoms with E-state index < -0.39 is 34.4 Å². The van der Waals surface area contributed by atoms with E-state index in [0.29, 0.717) is 12.0 Å². The molecule has 1 saturated heterocycles. The summed E-state index contributed by atoms with van der Waals surface area (Å²) in [6, 6.07) is 14.4. The molecular weight excluding hydrogens is 396 g/mol. The molecule has 1 atom stereocenters. The summed E-state index contributed by atoms with van der Waals surface area (Å²) in [5.41, 5.74) is 0.795. The molecule has 0 radical (unpaired) electrons. The molecule has 2 aromatic carbocycles. The van der Waals surface area contributed by atoms with Crippen LogP contribution >= 0.6 is 0 Å². The fourth-order valence-electron chi connectivity index (χ4n) is 2.94. The van der Waals surface area contributed by atoms with Gasteiger partial charge in [0.2, 0.25) is 0 Å². The van der Waals surface area contributed by atoms with Crippen LogP contribution in [0.4, 0.5) is 5.69 Å². The predicted molar refractivity (Wildman–Crippen MR) is 106 cm³/mol. The Labute approximate surface area is 168 Å². The van der Waals surface area contributed by atoms with Crippen LogP contribution in [0.1, 0.15) is 27.1 Å². The zero-order valence-corrected chi connectivity index (χ0v) is 16.3. The third kappa shape index (κ3) is 5.64. The maximum Gasteiger partial charge on any atom is 0.340 e. The summed E-state index contributed by atoms with van der Waals surface area (Å²) in [6.45, 7) is -0.545. The van der Waals surface area contributed by atoms with Gasteiger partial charge in [-0.1, -0.05) is 30.3 Å². The topological polar surface area (TPSA) is 119 Å². The summed E-state index contributed by atoms with van der Waals surface area (Å²) in [6.07, 6.45) is 0.344. The highest BCUT2D eigenvalue weighted by molar-refractivity contribution is 7.91. The van der Waals surface area contributed by atoms with Gasteiger partial charge in [0.15, 0.2) is 16.4 Å². The molecule has 2 N–H and O–H groups in total. The average Bonchev–Trinajstić information content (AvgIpc) is 3.05. The van der Waals surface area contributed by atoms with Gasteiger partial charge in [0.1, 0.15) is 0 Å². The first kappa shape index (κ1) is 20.5. The Morgan fingerprint density at radius 3 is 2.38 bits per heavy atom. The van der Waals surface area contributed by atoms with E-state index in [2.05, 4.69) is 10.6 Å². The van der Waals surface area contributed by atoms with Crippen molar-refractivity contribution in [1.29, 1.82) is 0 Å². The summed E-state index contributed by atoms with van der Waals surface area (Å²) < 4.78 is 27.9. The first-order valence-electron chi connectivity index (χ1n) is 8.96. The second-order valence-electron chi connectivity index (χ2n) is 6.61. The molecule has 0 aliphatic carbocycles. The summed E-state index contributed by atoms with van der Waals surface area (Å²) in [5.74, 6) is -1.81. The normalized spacial score (nSPS) is 17.3. The Hall–Kier alpha value is -3.20. The van der Waals surface area contributed by atoms with Crippen LogP contribution in [-0.2, 0) is 19.4 Å². The van der Waals surface area contributed by atoms with Gasteiger partial charge in [0, 0.05) is 11.6 Å². The highest BCUT2D eigenvalue weighted by atomic mass is 32.2. The Kier molecular flexibility index (Phi) is 6.28. The molecule has 3 rings (SSSR count). The molecule has 2 aromatic rings. The second kappa shape index (κ2) is 8.87. The molecule has 1 fully saturated rings. The van der Waals surface area contributed by atoms with Crippen molar-refractivity contribution >= 4 is 33.3 Å². The Morgan fingerprint density at radius 1 is 1.00 bits per heavy atom. The maximum absolute atomic E-state index is 12.4. The van der Waals surface area contributed by atoms with Crippen LogP contribution < -0.4 is 10.6 Å². The third-order valence-electron chi connectivity index (χ3n) is 4.36. The highest BCUT2D eigenvalue weighted by Gasteiger charge is 2.29. The first-order chi connectivity index (χ1) is 13.8. The molecule has 29 heavy (non-hydrogen) atoms. The first-order valence-corrected chi connectivity index (χ1v) is 10.8. The van der Waals surface area contributed by atoms with Crippen LogP contribution in [0.15, 0.2) is 54.6 Å². The van der Waals surface area contributed by atoms with Crippen molar-refractivity contribution in [2.24, 2.45) is 0 Å². The molecule has 1 aliphatic heterocycles. The van der Waals surface area contributed by atoms with Crippen molar-refractivity contribution in [1.82, 2.24) is 5.32 Å². The summed E-state index contributed by atoms with van der Waals surface area (Å²) in [7, 11) is -3.12. The standard InChI is InChI=1S/C20H20N2O6S/c23-18(21-15-10-11-29(26,27)13-15)12-28-20(25)16-8-4-5-9-17(16)22-19(24)14-6-2-1-3-7-14/h1-9,15H,10-13H2,(H,21,23)(H,22,24)/t15-/m0/s1. The lowest BCUT2D eigenvalue weighted by atomic mass is 10.1. The molecule has 0 unspecified atom stereocenters. The fourth-order valence-corrected chi connectivity index (χ4v) is 4.61. The van der Waals surface area contributed by atoms with Crippen molar-refractivity contribution in [3.05, 3.63) is 65.7 Å². The summed E-state index contributed by atoms with van der Waals surface area (Å²) in [5, 5.41) is 5.20. The monoisotopic (exact) mass is 416 g/mol. The van der Waals surface area contributed by atoms with Crippen molar-refractivity contribution in [3.8, 4) is 0 Å². The summed E-state index contributed by atoms with van der Waals surface area (Å²) in [4.78, 5) is 36.6. The molecule has 0 aromatic heterocycles. The molecular formula is C20H20N2O6S. The van der Waals surface area contributed by atoms with Gasteiger partial charge in [-0.25, -0.2) is 13.2 Å². The largest absolute Gasteiger partial charge is 0.452 e. The molecule has 0 saturated carbocycles. The number of amides is 2. The number of esters is 1. The lowest BCUT2D eigenvalue weighted by molar-refractivity contribution is -0.124. The number of nitrogens with one attached hydrogen (secondary N) is 2. The van der Waals surface area contributed by atoms with E-state index in [1.54, 1.807) is 48.5 Å². The summed E-state index contributed by atoms with van der Waals surface area (Å²) >= 11 is 0. The molecule has 1 heterocycles. The second-order valence-corrected chi connectivity index (χ2v) is 8.84. The van der Waals surface area contributed by atoms with E-state index in [9.17, 15) is 22.8 Å². The molecule has 1 aliphatic rings. The zero-order chi connectivity index (χ0) is 20.9. The number of benzene rings is 2. The number of hydrogen-bond donors (Lipinski definition) is 2. The molecule has 9 heteroatoms. The van der Waals surface area contributed by atoms with Gasteiger partial charge in [0.05, 0.1) is 22.8 Å². The highest BCUT2D eigenvalue weighted by Crippen LogP contribution is 2.17. The van der Waals surface area contributed by atoms with Gasteiger partial charge in [-0.3, -0.25) is 9.59 Å². The molecule has 8 nitrogen and oxygen atoms in total. The zero-order valence-electron chi connectivity index (χ0n) is 15.5. The van der Waals surface area contributed by atoms with E-state index in [4.69, 9.17) is 4.74 Å². The van der Waals surface area contributed by atoms with Crippen LogP contribution in [0, 0.1) is 0 Å². The van der Waals surface area contributed by atoms with Crippen LogP contribution in [0.3, 0.4) is 0 Å². The Bertz CT molecular complexity index is 1020. The number of anilines is 1. The molecule has 0 spiro atoms. The van der Waals surface area contributed by atoms with E-state index in [0.717, 1.165) is 0 Å². The van der Waals surface area contributed by atoms with Gasteiger partial charge < -0.3 is 15.4 Å². The number of ether oxygens (including phenoxy) is 1. The van der Waals surface area contributed by atoms with Crippen molar-refractivity contribution < 1.29 is 27.5 Å². The van der Waals surface area contributed by atoms with Crippen LogP contribution in [-0.4, -0.2) is 50.4 Å². The average molecular weight is 416 g/mol. The minimum absolute atomic E-state index is 0.0340. The predicted octanol–water partition coefficient (Wildman–Crippen LogP) is 1.40. The minimum Gasteiger partial charge on any atom is -0.452 e. The fraction of sp³-hybridized carbons (Fsp3) is 0.250. The van der Waals surface area contributed by atoms with E-state index in [-0.39, 0.29) is 28.7 Å². The van der Waals surface area contributed by atoms with Gasteiger partial charge in [-0.15, -0.1) is 0 Å². The molecule has 152 valence electrons. The number of hydrogen-bond acceptors (Lipinski definition) is 6. The van der Waals surface area contributed by atoms with E-state index in [1.807, 2.05) is 0 Å². The van der Waals surface area contributed by atoms with Gasteiger partial charge >= 0.3 is 5.97 Å². The van der Waals surface area contributed by atoms with E-state index >= 15 is 0 Å². The lowest BCUT2D eigenvalue weighted by Gasteiger charge is -2.13. The quantitative estimate of drug-likeness (QED) is 0.687. The maximum atomic E-state index is 12.4. The third-order valence-corrected chi connectivity index (χ3v) is 6.13. The van der Waals surface area contributed by atoms with Crippen molar-refractivity contribution in [2.75, 3.05) is 23.4 Å². The lowest BCUT2D eigenvalue weighted by Crippen LogP contribution is -2.38. The number of rotatable bonds is 6. The number of carbonyl (C=O) groups excluding carboxylic acids is 3. The Balaban J connectivity index is 1.58. The molecule has 2 amide bonds. The Morgan fingerprint density at radius 2 is 1.69 bits per heavy atom. The minimum atomic E-state index is -3.12. The van der Waals surface area contributed by atoms with Gasteiger partial charge in [-0.2, -0.15) is 0 Å². The van der Waals surface area contributed by atoms with Crippen LogP contribution in [0.2, 0.25) is 0 Å². The molecule has 0 bridgehead atoms. The van der Waals surface area contributed by atoms with E-state index in [1.165, 1.54) is 6.07 Å². The number of para-hydroxylation sites is 1. The van der Waals surface area contributed by atoms with Crippen LogP contribution in [0.25, 0.3) is 0 Å². The van der Waals surface area contributed by atoms with Crippen LogP contribution in [0.5, 0.6) is 0 Å². The SMILES string of the molecule is O=C(COC(=O)c1ccccc1NC(=O)c1ccccc1)N[C@H]1CCS(=O)(=O)C1. The number of carbonyl (C=O) groups is 3.